The highest BCUT2D eigenvalue weighted by atomic mass is 14.3. The van der Waals surface area contributed by atoms with Gasteiger partial charge >= 0.3 is 0 Å². The lowest BCUT2D eigenvalue weighted by atomic mass is 9.78. The van der Waals surface area contributed by atoms with E-state index in [0.717, 1.165) is 19.3 Å². The van der Waals surface area contributed by atoms with Gasteiger partial charge in [0.15, 0.2) is 0 Å². The zero-order valence-corrected chi connectivity index (χ0v) is 20.6. The molecule has 174 valence electrons. The molecule has 0 saturated heterocycles. The van der Waals surface area contributed by atoms with Crippen molar-refractivity contribution in [1.82, 2.24) is 0 Å². The molecule has 0 aromatic heterocycles. The van der Waals surface area contributed by atoms with Crippen LogP contribution < -0.4 is 0 Å². The standard InChI is InChI=1S/C35H34/c1-26(27(2)25-34(29-14-6-3-7-15-29)30-16-8-4-9-17-30)24-32-22-23-33(28-18-12-13-19-28)35(32)31-20-10-5-11-21-31/h3-18,20-23,26,34-35H,2,19,24-25H2,1H3. The van der Waals surface area contributed by atoms with Crippen molar-refractivity contribution in [2.75, 3.05) is 0 Å². The van der Waals surface area contributed by atoms with Crippen molar-refractivity contribution < 1.29 is 0 Å². The van der Waals surface area contributed by atoms with Crippen LogP contribution in [0.1, 0.15) is 54.7 Å². The molecular weight excluding hydrogens is 420 g/mol. The second-order valence-corrected chi connectivity index (χ2v) is 9.87. The topological polar surface area (TPSA) is 0 Å². The molecule has 0 bridgehead atoms. The van der Waals surface area contributed by atoms with Crippen molar-refractivity contribution in [3.8, 4) is 0 Å². The van der Waals surface area contributed by atoms with E-state index in [1.807, 2.05) is 0 Å². The lowest BCUT2D eigenvalue weighted by Gasteiger charge is -2.26. The maximum absolute atomic E-state index is 4.62. The van der Waals surface area contributed by atoms with Gasteiger partial charge in [-0.15, -0.1) is 0 Å². The fourth-order valence-electron chi connectivity index (χ4n) is 5.53. The molecule has 3 aromatic carbocycles. The maximum atomic E-state index is 4.62. The summed E-state index contributed by atoms with van der Waals surface area (Å²) in [5, 5.41) is 0. The molecule has 2 atom stereocenters. The van der Waals surface area contributed by atoms with E-state index in [1.54, 1.807) is 0 Å². The van der Waals surface area contributed by atoms with Gasteiger partial charge in [-0.1, -0.05) is 146 Å². The minimum absolute atomic E-state index is 0.332. The molecule has 0 amide bonds. The molecule has 5 rings (SSSR count). The van der Waals surface area contributed by atoms with Crippen LogP contribution in [-0.4, -0.2) is 0 Å². The molecule has 0 fully saturated rings. The van der Waals surface area contributed by atoms with Crippen LogP contribution in [0.4, 0.5) is 0 Å². The molecule has 0 nitrogen and oxygen atoms in total. The summed E-state index contributed by atoms with van der Waals surface area (Å²) in [5.74, 6) is 1.08. The first-order chi connectivity index (χ1) is 17.2. The van der Waals surface area contributed by atoms with E-state index in [1.165, 1.54) is 39.0 Å². The third kappa shape index (κ3) is 5.23. The van der Waals surface area contributed by atoms with Crippen LogP contribution in [0.5, 0.6) is 0 Å². The van der Waals surface area contributed by atoms with Crippen LogP contribution in [0.15, 0.2) is 150 Å². The summed E-state index contributed by atoms with van der Waals surface area (Å²) < 4.78 is 0. The van der Waals surface area contributed by atoms with Gasteiger partial charge in [0, 0.05) is 11.8 Å². The molecule has 35 heavy (non-hydrogen) atoms. The van der Waals surface area contributed by atoms with E-state index in [-0.39, 0.29) is 0 Å². The van der Waals surface area contributed by atoms with Crippen LogP contribution in [-0.2, 0) is 0 Å². The minimum atomic E-state index is 0.332. The number of rotatable bonds is 9. The molecule has 0 saturated carbocycles. The van der Waals surface area contributed by atoms with E-state index in [2.05, 4.69) is 135 Å². The summed E-state index contributed by atoms with van der Waals surface area (Å²) in [6.07, 6.45) is 14.5. The Hall–Kier alpha value is -3.64. The van der Waals surface area contributed by atoms with E-state index in [9.17, 15) is 0 Å². The normalized spacial score (nSPS) is 17.8. The average molecular weight is 455 g/mol. The Balaban J connectivity index is 1.34. The monoisotopic (exact) mass is 454 g/mol. The van der Waals surface area contributed by atoms with Crippen molar-refractivity contribution in [1.29, 1.82) is 0 Å². The molecule has 2 unspecified atom stereocenters. The highest BCUT2D eigenvalue weighted by Gasteiger charge is 2.29. The van der Waals surface area contributed by atoms with Gasteiger partial charge in [0.05, 0.1) is 0 Å². The first-order valence-corrected chi connectivity index (χ1v) is 12.8. The summed E-state index contributed by atoms with van der Waals surface area (Å²) in [6, 6.07) is 32.8. The number of benzene rings is 3. The molecular formula is C35H34. The molecule has 0 aliphatic heterocycles. The van der Waals surface area contributed by atoms with Crippen LogP contribution in [0.3, 0.4) is 0 Å². The molecule has 2 aliphatic carbocycles. The first-order valence-electron chi connectivity index (χ1n) is 12.8. The molecule has 2 aliphatic rings. The van der Waals surface area contributed by atoms with Crippen molar-refractivity contribution in [3.63, 3.8) is 0 Å². The Bertz CT molecular complexity index is 1230. The fraction of sp³-hybridized carbons (Fsp3) is 0.200. The fourth-order valence-corrected chi connectivity index (χ4v) is 5.53. The Morgan fingerprint density at radius 2 is 1.40 bits per heavy atom. The van der Waals surface area contributed by atoms with Gasteiger partial charge in [0.25, 0.3) is 0 Å². The minimum Gasteiger partial charge on any atom is -0.0995 e. The summed E-state index contributed by atoms with van der Waals surface area (Å²) in [6.45, 7) is 6.97. The van der Waals surface area contributed by atoms with Crippen molar-refractivity contribution in [2.45, 2.75) is 38.0 Å². The average Bonchev–Trinajstić information content (AvgIpc) is 3.59. The Labute approximate surface area is 210 Å². The molecule has 0 heteroatoms. The molecule has 0 spiro atoms. The van der Waals surface area contributed by atoms with E-state index in [0.29, 0.717) is 17.8 Å². The smallest absolute Gasteiger partial charge is 0.0305 e. The zero-order valence-electron chi connectivity index (χ0n) is 20.6. The Morgan fingerprint density at radius 1 is 0.800 bits per heavy atom. The van der Waals surface area contributed by atoms with Gasteiger partial charge in [-0.2, -0.15) is 0 Å². The Kier molecular flexibility index (Phi) is 7.09. The summed E-state index contributed by atoms with van der Waals surface area (Å²) in [5.41, 5.74) is 9.84. The maximum Gasteiger partial charge on any atom is 0.0305 e. The number of allylic oxidation sites excluding steroid dienone is 9. The second kappa shape index (κ2) is 10.7. The summed E-state index contributed by atoms with van der Waals surface area (Å²) in [4.78, 5) is 0. The predicted molar refractivity (Wildman–Crippen MR) is 149 cm³/mol. The molecule has 0 N–H and O–H groups in total. The SMILES string of the molecule is C=C(CC(c1ccccc1)c1ccccc1)C(C)CC1=CC=C(C2=CC=CC2)C1c1ccccc1. The van der Waals surface area contributed by atoms with Gasteiger partial charge in [-0.25, -0.2) is 0 Å². The van der Waals surface area contributed by atoms with E-state index in [4.69, 9.17) is 0 Å². The Morgan fingerprint density at radius 3 is 1.97 bits per heavy atom. The van der Waals surface area contributed by atoms with Gasteiger partial charge < -0.3 is 0 Å². The third-order valence-electron chi connectivity index (χ3n) is 7.54. The lowest BCUT2D eigenvalue weighted by Crippen LogP contribution is -2.11. The number of hydrogen-bond donors (Lipinski definition) is 0. The van der Waals surface area contributed by atoms with Crippen molar-refractivity contribution >= 4 is 0 Å². The van der Waals surface area contributed by atoms with Crippen LogP contribution >= 0.6 is 0 Å². The van der Waals surface area contributed by atoms with Crippen LogP contribution in [0.25, 0.3) is 0 Å². The van der Waals surface area contributed by atoms with Crippen LogP contribution in [0, 0.1) is 5.92 Å². The van der Waals surface area contributed by atoms with Gasteiger partial charge in [-0.05, 0) is 53.0 Å². The predicted octanol–water partition coefficient (Wildman–Crippen LogP) is 9.33. The van der Waals surface area contributed by atoms with E-state index < -0.39 is 0 Å². The lowest BCUT2D eigenvalue weighted by molar-refractivity contribution is 0.604. The van der Waals surface area contributed by atoms with Gasteiger partial charge in [-0.3, -0.25) is 0 Å². The largest absolute Gasteiger partial charge is 0.0995 e. The highest BCUT2D eigenvalue weighted by Crippen LogP contribution is 2.45. The number of hydrogen-bond acceptors (Lipinski definition) is 0. The van der Waals surface area contributed by atoms with E-state index >= 15 is 0 Å². The van der Waals surface area contributed by atoms with Gasteiger partial charge in [0.2, 0.25) is 0 Å². The van der Waals surface area contributed by atoms with Crippen molar-refractivity contribution in [2.24, 2.45) is 5.92 Å². The molecule has 3 aromatic rings. The quantitative estimate of drug-likeness (QED) is 0.283. The molecule has 0 heterocycles. The summed E-state index contributed by atoms with van der Waals surface area (Å²) >= 11 is 0. The first kappa shape index (κ1) is 23.1. The third-order valence-corrected chi connectivity index (χ3v) is 7.54. The molecule has 0 radical (unpaired) electrons. The van der Waals surface area contributed by atoms with Gasteiger partial charge in [0.1, 0.15) is 0 Å². The second-order valence-electron chi connectivity index (χ2n) is 9.87. The van der Waals surface area contributed by atoms with Crippen molar-refractivity contribution in [3.05, 3.63) is 167 Å². The highest BCUT2D eigenvalue weighted by molar-refractivity contribution is 5.56. The van der Waals surface area contributed by atoms with Crippen LogP contribution in [0.2, 0.25) is 0 Å². The summed E-state index contributed by atoms with van der Waals surface area (Å²) in [7, 11) is 0. The zero-order chi connectivity index (χ0) is 24.0.